The van der Waals surface area contributed by atoms with Gasteiger partial charge >= 0.3 is 0 Å². The summed E-state index contributed by atoms with van der Waals surface area (Å²) >= 11 is 3.93. The van der Waals surface area contributed by atoms with Crippen molar-refractivity contribution < 1.29 is 18.4 Å². The number of hydrogen-bond donors (Lipinski definition) is 2. The lowest BCUT2D eigenvalue weighted by Crippen LogP contribution is -2.27. The summed E-state index contributed by atoms with van der Waals surface area (Å²) in [4.78, 5) is 26.4. The molecule has 5 rings (SSSR count). The third kappa shape index (κ3) is 9.54. The number of amides is 2. The molecule has 0 aliphatic rings. The minimum Gasteiger partial charge on any atom is -0.772 e. The third-order valence-electron chi connectivity index (χ3n) is 8.58. The molecular weight excluding hydrogens is 652 g/mol. The van der Waals surface area contributed by atoms with Gasteiger partial charge in [0.05, 0.1) is 5.92 Å². The van der Waals surface area contributed by atoms with E-state index < -0.39 is 17.0 Å². The van der Waals surface area contributed by atoms with Crippen LogP contribution in [-0.4, -0.2) is 32.9 Å². The smallest absolute Gasteiger partial charge is 0.251 e. The van der Waals surface area contributed by atoms with Crippen molar-refractivity contribution in [3.63, 3.8) is 0 Å². The van der Waals surface area contributed by atoms with E-state index in [1.54, 1.807) is 12.1 Å². The van der Waals surface area contributed by atoms with Gasteiger partial charge in [-0.1, -0.05) is 122 Å². The van der Waals surface area contributed by atoms with Gasteiger partial charge in [0.1, 0.15) is 0 Å². The van der Waals surface area contributed by atoms with Crippen molar-refractivity contribution in [1.29, 1.82) is 0 Å². The van der Waals surface area contributed by atoms with Gasteiger partial charge in [-0.15, -0.1) is 0 Å². The van der Waals surface area contributed by atoms with Crippen LogP contribution in [0.3, 0.4) is 0 Å². The average molecular weight is 692 g/mol. The molecule has 0 aliphatic carbocycles. The van der Waals surface area contributed by atoms with Crippen molar-refractivity contribution in [3.8, 4) is 22.3 Å². The zero-order chi connectivity index (χ0) is 35.1. The Balaban J connectivity index is 1.37. The predicted molar refractivity (Wildman–Crippen MR) is 200 cm³/mol. The highest BCUT2D eigenvalue weighted by atomic mass is 35.5. The zero-order valence-corrected chi connectivity index (χ0v) is 29.7. The van der Waals surface area contributed by atoms with Crippen LogP contribution in [-0.2, 0) is 27.7 Å². The van der Waals surface area contributed by atoms with Crippen LogP contribution in [0.5, 0.6) is 0 Å². The number of aryl methyl sites for hydroxylation is 1. The zero-order valence-electron chi connectivity index (χ0n) is 28.1. The van der Waals surface area contributed by atoms with Crippen LogP contribution in [0.1, 0.15) is 59.3 Å². The van der Waals surface area contributed by atoms with Crippen LogP contribution in [0.15, 0.2) is 115 Å². The van der Waals surface area contributed by atoms with E-state index in [0.29, 0.717) is 22.7 Å². The largest absolute Gasteiger partial charge is 0.772 e. The molecule has 0 bridgehead atoms. The second kappa shape index (κ2) is 15.8. The number of benzene rings is 5. The minimum absolute atomic E-state index is 0.0377. The van der Waals surface area contributed by atoms with Gasteiger partial charge in [-0.05, 0) is 99.7 Å². The summed E-state index contributed by atoms with van der Waals surface area (Å²) in [7, 11) is 0. The molecular formula is C41H40ClN2O4S-. The maximum Gasteiger partial charge on any atom is 0.251 e. The average Bonchev–Trinajstić information content (AvgIpc) is 3.07. The second-order valence-corrected chi connectivity index (χ2v) is 14.6. The Morgan fingerprint density at radius 3 is 1.96 bits per heavy atom. The van der Waals surface area contributed by atoms with E-state index in [9.17, 15) is 18.4 Å². The van der Waals surface area contributed by atoms with E-state index in [2.05, 4.69) is 55.7 Å². The van der Waals surface area contributed by atoms with Crippen LogP contribution in [0.4, 0.5) is 5.69 Å². The van der Waals surface area contributed by atoms with Gasteiger partial charge in [0.2, 0.25) is 5.91 Å². The fraction of sp³-hybridized carbons (Fsp3) is 0.220. The van der Waals surface area contributed by atoms with Crippen molar-refractivity contribution in [3.05, 3.63) is 148 Å². The molecule has 0 aliphatic heterocycles. The minimum atomic E-state index is -2.22. The van der Waals surface area contributed by atoms with E-state index in [1.807, 2.05) is 85.8 Å². The molecule has 0 saturated heterocycles. The van der Waals surface area contributed by atoms with Crippen LogP contribution < -0.4 is 10.6 Å². The number of carbonyl (C=O) groups is 2. The first-order valence-electron chi connectivity index (χ1n) is 16.2. The van der Waals surface area contributed by atoms with Crippen LogP contribution in [0, 0.1) is 6.92 Å². The SMILES string of the molecule is Cc1cc(Cl)ccc1-c1ccc(NC(=O)[C@H](Cc2ccc(C(=O)NCCS(=O)[O-])cc2)c2ccc(-c3ccc(C(C)(C)C)cc3)cc2)cc1. The van der Waals surface area contributed by atoms with Crippen LogP contribution >= 0.6 is 11.6 Å². The molecule has 0 aromatic heterocycles. The summed E-state index contributed by atoms with van der Waals surface area (Å²) in [5, 5.41) is 6.42. The van der Waals surface area contributed by atoms with Crippen molar-refractivity contribution in [2.24, 2.45) is 0 Å². The Bertz CT molecular complexity index is 1930. The molecule has 0 spiro atoms. The monoisotopic (exact) mass is 691 g/mol. The first kappa shape index (κ1) is 35.7. The normalized spacial score (nSPS) is 12.6. The number of nitrogens with one attached hydrogen (secondary N) is 2. The highest BCUT2D eigenvalue weighted by Gasteiger charge is 2.22. The lowest BCUT2D eigenvalue weighted by Gasteiger charge is -2.20. The quantitative estimate of drug-likeness (QED) is 0.135. The molecule has 8 heteroatoms. The molecule has 2 amide bonds. The molecule has 2 atom stereocenters. The lowest BCUT2D eigenvalue weighted by atomic mass is 9.86. The van der Waals surface area contributed by atoms with E-state index >= 15 is 0 Å². The number of carbonyl (C=O) groups excluding carboxylic acids is 2. The van der Waals surface area contributed by atoms with Gasteiger partial charge in [-0.2, -0.15) is 0 Å². The summed E-state index contributed by atoms with van der Waals surface area (Å²) in [6, 6.07) is 37.3. The predicted octanol–water partition coefficient (Wildman–Crippen LogP) is 8.85. The van der Waals surface area contributed by atoms with Gasteiger partial charge in [-0.25, -0.2) is 0 Å². The fourth-order valence-electron chi connectivity index (χ4n) is 5.72. The number of rotatable bonds is 11. The highest BCUT2D eigenvalue weighted by Crippen LogP contribution is 2.31. The third-order valence-corrected chi connectivity index (χ3v) is 9.35. The van der Waals surface area contributed by atoms with Gasteiger partial charge < -0.3 is 15.2 Å². The van der Waals surface area contributed by atoms with Gasteiger partial charge in [0, 0.05) is 28.6 Å². The second-order valence-electron chi connectivity index (χ2n) is 13.2. The summed E-state index contributed by atoms with van der Waals surface area (Å²) in [5.74, 6) is -1.16. The molecule has 1 unspecified atom stereocenters. The van der Waals surface area contributed by atoms with Crippen molar-refractivity contribution in [1.82, 2.24) is 5.32 Å². The maximum atomic E-state index is 14.0. The van der Waals surface area contributed by atoms with Gasteiger partial charge in [0.15, 0.2) is 0 Å². The first-order valence-corrected chi connectivity index (χ1v) is 17.8. The fourth-order valence-corrected chi connectivity index (χ4v) is 6.22. The molecule has 0 radical (unpaired) electrons. The van der Waals surface area contributed by atoms with Crippen molar-refractivity contribution >= 4 is 40.2 Å². The summed E-state index contributed by atoms with van der Waals surface area (Å²) in [5.41, 5.74) is 9.53. The van der Waals surface area contributed by atoms with Crippen LogP contribution in [0.2, 0.25) is 5.02 Å². The summed E-state index contributed by atoms with van der Waals surface area (Å²) < 4.78 is 21.6. The summed E-state index contributed by atoms with van der Waals surface area (Å²) in [6.45, 7) is 8.64. The Morgan fingerprint density at radius 1 is 0.796 bits per heavy atom. The molecule has 0 saturated carbocycles. The van der Waals surface area contributed by atoms with Crippen molar-refractivity contribution in [2.45, 2.75) is 45.4 Å². The standard InChI is InChI=1S/C41H41ClN2O4S/c1-27-25-35(42)19-22-37(27)31-15-20-36(21-16-31)44-40(46)38(26-28-5-7-33(8-6-28)39(45)43-23-24-49(47)48)32-11-9-29(10-12-32)30-13-17-34(18-14-30)41(2,3)4/h5-22,25,38H,23-24,26H2,1-4H3,(H,43,45)(H,44,46)(H,47,48)/p-1/t38-/m1/s1. The maximum absolute atomic E-state index is 14.0. The van der Waals surface area contributed by atoms with Gasteiger partial charge in [0.25, 0.3) is 5.91 Å². The molecule has 6 nitrogen and oxygen atoms in total. The van der Waals surface area contributed by atoms with Crippen molar-refractivity contribution in [2.75, 3.05) is 17.6 Å². The van der Waals surface area contributed by atoms with E-state index in [4.69, 9.17) is 11.6 Å². The Morgan fingerprint density at radius 2 is 1.39 bits per heavy atom. The molecule has 252 valence electrons. The van der Waals surface area contributed by atoms with E-state index in [0.717, 1.165) is 38.9 Å². The molecule has 5 aromatic rings. The molecule has 2 N–H and O–H groups in total. The molecule has 0 fully saturated rings. The molecule has 0 heterocycles. The van der Waals surface area contributed by atoms with E-state index in [1.165, 1.54) is 5.56 Å². The number of halogens is 1. The Hall–Kier alpha value is -4.56. The highest BCUT2D eigenvalue weighted by molar-refractivity contribution is 7.79. The Labute approximate surface area is 296 Å². The van der Waals surface area contributed by atoms with Gasteiger partial charge in [-0.3, -0.25) is 13.8 Å². The number of hydrogen-bond acceptors (Lipinski definition) is 4. The van der Waals surface area contributed by atoms with Crippen LogP contribution in [0.25, 0.3) is 22.3 Å². The topological polar surface area (TPSA) is 98.3 Å². The molecule has 5 aromatic carbocycles. The first-order chi connectivity index (χ1) is 23.4. The number of anilines is 1. The Kier molecular flexibility index (Phi) is 11.5. The lowest BCUT2D eigenvalue weighted by molar-refractivity contribution is -0.117. The molecule has 49 heavy (non-hydrogen) atoms. The van der Waals surface area contributed by atoms with E-state index in [-0.39, 0.29) is 29.5 Å². The summed E-state index contributed by atoms with van der Waals surface area (Å²) in [6.07, 6.45) is 0.407.